The van der Waals surface area contributed by atoms with Gasteiger partial charge in [-0.15, -0.1) is 0 Å². The highest BCUT2D eigenvalue weighted by atomic mass is 35.5. The number of fused-ring (bicyclic) bond motifs is 1. The molecule has 1 atom stereocenters. The average molecular weight is 319 g/mol. The molecule has 0 amide bonds. The summed E-state index contributed by atoms with van der Waals surface area (Å²) in [5.41, 5.74) is 2.48. The maximum atomic E-state index is 9.65. The van der Waals surface area contributed by atoms with E-state index < -0.39 is 0 Å². The van der Waals surface area contributed by atoms with Gasteiger partial charge in [-0.05, 0) is 36.8 Å². The summed E-state index contributed by atoms with van der Waals surface area (Å²) >= 11 is 5.93. The van der Waals surface area contributed by atoms with Gasteiger partial charge in [-0.1, -0.05) is 23.7 Å². The predicted molar refractivity (Wildman–Crippen MR) is 86.4 cm³/mol. The zero-order chi connectivity index (χ0) is 15.7. The second kappa shape index (κ2) is 5.88. The summed E-state index contributed by atoms with van der Waals surface area (Å²) in [4.78, 5) is 4.67. The quantitative estimate of drug-likeness (QED) is 0.928. The fourth-order valence-corrected chi connectivity index (χ4v) is 2.83. The number of aliphatic hydroxyl groups is 1. The summed E-state index contributed by atoms with van der Waals surface area (Å²) in [6.07, 6.45) is 2.08. The van der Waals surface area contributed by atoms with Gasteiger partial charge in [0.15, 0.2) is 0 Å². The minimum atomic E-state index is -0.383. The van der Waals surface area contributed by atoms with Crippen molar-refractivity contribution in [3.8, 4) is 0 Å². The minimum absolute atomic E-state index is 0.0202. The number of hydrogen-bond acceptors (Lipinski definition) is 3. The monoisotopic (exact) mass is 318 g/mol. The maximum absolute atomic E-state index is 9.65. The Balaban J connectivity index is 2.06. The van der Waals surface area contributed by atoms with E-state index in [0.29, 0.717) is 13.1 Å². The van der Waals surface area contributed by atoms with E-state index in [0.717, 1.165) is 27.0 Å². The number of hydrogen-bond donors (Lipinski definition) is 1. The van der Waals surface area contributed by atoms with Crippen molar-refractivity contribution in [2.45, 2.75) is 25.7 Å². The number of ether oxygens (including phenoxy) is 1. The topological polar surface area (TPSA) is 46.8 Å². The van der Waals surface area contributed by atoms with Crippen LogP contribution in [0.4, 0.5) is 0 Å². The van der Waals surface area contributed by atoms with Crippen molar-refractivity contribution in [2.75, 3.05) is 13.7 Å². The van der Waals surface area contributed by atoms with Gasteiger partial charge >= 0.3 is 0 Å². The van der Waals surface area contributed by atoms with Gasteiger partial charge in [0, 0.05) is 29.6 Å². The van der Waals surface area contributed by atoms with Gasteiger partial charge in [0.2, 0.25) is 0 Å². The summed E-state index contributed by atoms with van der Waals surface area (Å²) in [6.45, 7) is 3.22. The molecule has 0 radical (unpaired) electrons. The molecule has 2 heterocycles. The Bertz CT molecular complexity index is 795. The first-order valence-corrected chi connectivity index (χ1v) is 7.59. The molecule has 1 N–H and O–H groups in total. The van der Waals surface area contributed by atoms with Crippen molar-refractivity contribution in [3.05, 3.63) is 57.3 Å². The van der Waals surface area contributed by atoms with E-state index in [1.165, 1.54) is 0 Å². The number of nitrogens with zero attached hydrogens (tertiary/aromatic N) is 2. The van der Waals surface area contributed by atoms with Crippen LogP contribution >= 0.6 is 11.6 Å². The molecule has 1 unspecified atom stereocenters. The Morgan fingerprint density at radius 2 is 2.09 bits per heavy atom. The van der Waals surface area contributed by atoms with E-state index >= 15 is 0 Å². The molecular weight excluding hydrogens is 300 g/mol. The molecule has 22 heavy (non-hydrogen) atoms. The van der Waals surface area contributed by atoms with E-state index in [-0.39, 0.29) is 12.2 Å². The predicted octanol–water partition coefficient (Wildman–Crippen LogP) is 1.50. The zero-order valence-electron chi connectivity index (χ0n) is 12.7. The first kappa shape index (κ1) is 15.3. The lowest BCUT2D eigenvalue weighted by Crippen LogP contribution is -2.42. The second-order valence-corrected chi connectivity index (χ2v) is 6.20. The third-order valence-corrected chi connectivity index (χ3v) is 4.32. The first-order chi connectivity index (χ1) is 10.5. The molecule has 0 aliphatic carbocycles. The van der Waals surface area contributed by atoms with Crippen molar-refractivity contribution in [2.24, 2.45) is 4.99 Å². The van der Waals surface area contributed by atoms with E-state index in [1.54, 1.807) is 7.11 Å². The molecular formula is C17H19ClN2O2. The molecule has 0 bridgehead atoms. The smallest absolute Gasteiger partial charge is 0.135 e. The van der Waals surface area contributed by atoms with Gasteiger partial charge in [0.05, 0.1) is 13.2 Å². The van der Waals surface area contributed by atoms with Crippen molar-refractivity contribution in [3.63, 3.8) is 0 Å². The SMILES string of the molecule is COC1(C)C=c2cc(CO)n(Cc3ccc(Cl)cc3)c2=NC1. The molecule has 0 fully saturated rings. The Morgan fingerprint density at radius 3 is 2.73 bits per heavy atom. The molecule has 0 saturated heterocycles. The molecule has 3 rings (SSSR count). The van der Waals surface area contributed by atoms with Crippen LogP contribution in [-0.4, -0.2) is 28.9 Å². The summed E-state index contributed by atoms with van der Waals surface area (Å²) < 4.78 is 7.56. The van der Waals surface area contributed by atoms with Crippen LogP contribution in [0.5, 0.6) is 0 Å². The third kappa shape index (κ3) is 2.82. The van der Waals surface area contributed by atoms with Gasteiger partial charge in [-0.2, -0.15) is 0 Å². The van der Waals surface area contributed by atoms with Crippen LogP contribution in [0.25, 0.3) is 6.08 Å². The molecule has 4 nitrogen and oxygen atoms in total. The highest BCUT2D eigenvalue weighted by Gasteiger charge is 2.24. The highest BCUT2D eigenvalue weighted by Crippen LogP contribution is 2.14. The number of methoxy groups -OCH3 is 1. The Labute approximate surface area is 134 Å². The average Bonchev–Trinajstić information content (AvgIpc) is 2.86. The van der Waals surface area contributed by atoms with E-state index in [1.807, 2.05) is 41.8 Å². The molecule has 116 valence electrons. The Morgan fingerprint density at radius 1 is 1.36 bits per heavy atom. The first-order valence-electron chi connectivity index (χ1n) is 7.21. The van der Waals surface area contributed by atoms with Gasteiger partial charge in [-0.25, -0.2) is 0 Å². The molecule has 1 aromatic heterocycles. The summed E-state index contributed by atoms with van der Waals surface area (Å²) in [7, 11) is 1.69. The van der Waals surface area contributed by atoms with Crippen LogP contribution in [0.2, 0.25) is 5.02 Å². The molecule has 5 heteroatoms. The second-order valence-electron chi connectivity index (χ2n) is 5.76. The Hall–Kier alpha value is -1.62. The molecule has 1 aromatic carbocycles. The van der Waals surface area contributed by atoms with Crippen LogP contribution in [0, 0.1) is 0 Å². The van der Waals surface area contributed by atoms with Crippen LogP contribution < -0.4 is 10.7 Å². The Kier molecular flexibility index (Phi) is 4.08. The lowest BCUT2D eigenvalue weighted by atomic mass is 10.0. The zero-order valence-corrected chi connectivity index (χ0v) is 13.5. The fraction of sp³-hybridized carbons (Fsp3) is 0.353. The standard InChI is InChI=1S/C17H19ClN2O2/c1-17(22-2)8-13-7-15(10-21)20(16(13)19-11-17)9-12-3-5-14(18)6-4-12/h3-8,21H,9-11H2,1-2H3. The molecule has 1 aliphatic rings. The van der Waals surface area contributed by atoms with Crippen LogP contribution in [-0.2, 0) is 17.9 Å². The van der Waals surface area contributed by atoms with Gasteiger partial charge < -0.3 is 14.4 Å². The van der Waals surface area contributed by atoms with Crippen LogP contribution in [0.15, 0.2) is 35.3 Å². The van der Waals surface area contributed by atoms with Gasteiger partial charge in [0.1, 0.15) is 11.1 Å². The van der Waals surface area contributed by atoms with Crippen molar-refractivity contribution < 1.29 is 9.84 Å². The normalized spacial score (nSPS) is 20.2. The maximum Gasteiger partial charge on any atom is 0.135 e. The molecule has 1 aliphatic heterocycles. The van der Waals surface area contributed by atoms with Gasteiger partial charge in [0.25, 0.3) is 0 Å². The molecule has 2 aromatic rings. The lowest BCUT2D eigenvalue weighted by Gasteiger charge is -2.23. The third-order valence-electron chi connectivity index (χ3n) is 4.07. The van der Waals surface area contributed by atoms with E-state index in [9.17, 15) is 5.11 Å². The van der Waals surface area contributed by atoms with Crippen molar-refractivity contribution >= 4 is 17.7 Å². The van der Waals surface area contributed by atoms with Crippen molar-refractivity contribution in [1.82, 2.24) is 4.57 Å². The van der Waals surface area contributed by atoms with Crippen molar-refractivity contribution in [1.29, 1.82) is 0 Å². The van der Waals surface area contributed by atoms with Gasteiger partial charge in [-0.3, -0.25) is 4.99 Å². The fourth-order valence-electron chi connectivity index (χ4n) is 2.71. The summed E-state index contributed by atoms with van der Waals surface area (Å²) in [6, 6.07) is 9.70. The number of aliphatic hydroxyl groups excluding tert-OH is 1. The van der Waals surface area contributed by atoms with Crippen LogP contribution in [0.1, 0.15) is 18.2 Å². The number of halogens is 1. The summed E-state index contributed by atoms with van der Waals surface area (Å²) in [5, 5.41) is 11.4. The highest BCUT2D eigenvalue weighted by molar-refractivity contribution is 6.30. The van der Waals surface area contributed by atoms with E-state index in [2.05, 4.69) is 11.1 Å². The lowest BCUT2D eigenvalue weighted by molar-refractivity contribution is 0.0682. The number of benzene rings is 1. The summed E-state index contributed by atoms with van der Waals surface area (Å²) in [5.74, 6) is 0. The van der Waals surface area contributed by atoms with Crippen LogP contribution in [0.3, 0.4) is 0 Å². The largest absolute Gasteiger partial charge is 0.390 e. The molecule has 0 spiro atoms. The van der Waals surface area contributed by atoms with E-state index in [4.69, 9.17) is 16.3 Å². The minimum Gasteiger partial charge on any atom is -0.390 e. The number of rotatable bonds is 4. The molecule has 0 saturated carbocycles. The number of aromatic nitrogens is 1.